The summed E-state index contributed by atoms with van der Waals surface area (Å²) in [6.45, 7) is 16.2. The minimum atomic E-state index is -0.356. The third-order valence-corrected chi connectivity index (χ3v) is 11.8. The quantitative estimate of drug-likeness (QED) is 0.229. The van der Waals surface area contributed by atoms with Gasteiger partial charge in [-0.05, 0) is 79.6 Å². The number of allylic oxidation sites excluding steroid dienone is 1. The molecule has 0 aromatic carbocycles. The van der Waals surface area contributed by atoms with E-state index in [-0.39, 0.29) is 34.1 Å². The highest BCUT2D eigenvalue weighted by atomic mass is 17.2. The molecule has 34 heavy (non-hydrogen) atoms. The minimum Gasteiger partial charge on any atom is -0.462 e. The Labute approximate surface area is 207 Å². The molecule has 192 valence electrons. The second kappa shape index (κ2) is 8.33. The van der Waals surface area contributed by atoms with E-state index in [2.05, 4.69) is 47.6 Å². The number of carbonyl (C=O) groups is 1. The zero-order valence-electron chi connectivity index (χ0n) is 22.7. The maximum atomic E-state index is 11.6. The van der Waals surface area contributed by atoms with E-state index in [1.807, 2.05) is 0 Å². The van der Waals surface area contributed by atoms with Gasteiger partial charge in [0.2, 0.25) is 0 Å². The molecule has 2 spiro atoms. The molecule has 9 atom stereocenters. The highest BCUT2D eigenvalue weighted by molar-refractivity contribution is 5.66. The van der Waals surface area contributed by atoms with Crippen LogP contribution in [-0.2, 0) is 19.3 Å². The molecule has 0 radical (unpaired) electrons. The van der Waals surface area contributed by atoms with Gasteiger partial charge >= 0.3 is 5.97 Å². The Morgan fingerprint density at radius 1 is 1.06 bits per heavy atom. The van der Waals surface area contributed by atoms with Gasteiger partial charge in [-0.15, -0.1) is 0 Å². The summed E-state index contributed by atoms with van der Waals surface area (Å²) >= 11 is 0. The fourth-order valence-corrected chi connectivity index (χ4v) is 9.32. The first-order valence-corrected chi connectivity index (χ1v) is 14.2. The summed E-state index contributed by atoms with van der Waals surface area (Å²) < 4.78 is 5.65. The molecule has 4 aliphatic carbocycles. The summed E-state index contributed by atoms with van der Waals surface area (Å²) in [5, 5.41) is 0. The van der Waals surface area contributed by atoms with Crippen LogP contribution >= 0.6 is 0 Å². The number of hydrogen-bond acceptors (Lipinski definition) is 4. The summed E-state index contributed by atoms with van der Waals surface area (Å²) in [6, 6.07) is 0. The van der Waals surface area contributed by atoms with Crippen LogP contribution in [0.4, 0.5) is 0 Å². The Kier molecular flexibility index (Phi) is 6.08. The molecule has 2 saturated heterocycles. The molecule has 6 aliphatic rings. The number of fused-ring (bicyclic) bond motifs is 3. The van der Waals surface area contributed by atoms with Gasteiger partial charge in [0, 0.05) is 24.7 Å². The van der Waals surface area contributed by atoms with E-state index in [0.29, 0.717) is 5.92 Å². The van der Waals surface area contributed by atoms with Crippen molar-refractivity contribution in [2.24, 2.45) is 40.4 Å². The monoisotopic (exact) mass is 472 g/mol. The molecule has 0 aromatic rings. The molecule has 0 amide bonds. The lowest BCUT2D eigenvalue weighted by atomic mass is 9.44. The van der Waals surface area contributed by atoms with Crippen molar-refractivity contribution in [3.05, 3.63) is 11.6 Å². The number of ether oxygens (including phenoxy) is 1. The van der Waals surface area contributed by atoms with Gasteiger partial charge in [0.25, 0.3) is 0 Å². The van der Waals surface area contributed by atoms with Crippen molar-refractivity contribution in [3.8, 4) is 0 Å². The smallest absolute Gasteiger partial charge is 0.302 e. The molecule has 5 fully saturated rings. The van der Waals surface area contributed by atoms with Crippen LogP contribution in [0.2, 0.25) is 0 Å². The number of esters is 1. The largest absolute Gasteiger partial charge is 0.462 e. The molecule has 2 bridgehead atoms. The van der Waals surface area contributed by atoms with Crippen LogP contribution in [0.3, 0.4) is 0 Å². The van der Waals surface area contributed by atoms with Crippen molar-refractivity contribution in [1.82, 2.24) is 0 Å². The van der Waals surface area contributed by atoms with Crippen molar-refractivity contribution in [2.75, 3.05) is 0 Å². The summed E-state index contributed by atoms with van der Waals surface area (Å²) in [6.07, 6.45) is 13.7. The topological polar surface area (TPSA) is 44.8 Å². The number of hydrogen-bond donors (Lipinski definition) is 0. The fraction of sp³-hybridized carbons (Fsp3) is 0.900. The van der Waals surface area contributed by atoms with Crippen LogP contribution in [-0.4, -0.2) is 23.3 Å². The van der Waals surface area contributed by atoms with Crippen LogP contribution in [0.15, 0.2) is 11.6 Å². The first kappa shape index (κ1) is 24.8. The normalized spacial score (nSPS) is 46.8. The van der Waals surface area contributed by atoms with E-state index < -0.39 is 0 Å². The first-order valence-electron chi connectivity index (χ1n) is 14.2. The molecule has 4 heteroatoms. The van der Waals surface area contributed by atoms with E-state index in [1.165, 1.54) is 44.6 Å². The Morgan fingerprint density at radius 2 is 1.82 bits per heavy atom. The van der Waals surface area contributed by atoms with E-state index in [9.17, 15) is 4.79 Å². The molecular formula is C30H48O4. The van der Waals surface area contributed by atoms with Crippen molar-refractivity contribution in [2.45, 2.75) is 130 Å². The van der Waals surface area contributed by atoms with Gasteiger partial charge in [-0.25, -0.2) is 9.78 Å². The average molecular weight is 473 g/mol. The van der Waals surface area contributed by atoms with Gasteiger partial charge in [-0.3, -0.25) is 4.79 Å². The zero-order valence-corrected chi connectivity index (χ0v) is 22.7. The summed E-state index contributed by atoms with van der Waals surface area (Å²) in [5.74, 6) is 3.43. The molecule has 4 nitrogen and oxygen atoms in total. The van der Waals surface area contributed by atoms with E-state index in [0.717, 1.165) is 55.8 Å². The summed E-state index contributed by atoms with van der Waals surface area (Å²) in [7, 11) is 0. The molecule has 2 aliphatic heterocycles. The molecule has 7 unspecified atom stereocenters. The van der Waals surface area contributed by atoms with Gasteiger partial charge in [-0.1, -0.05) is 60.5 Å². The lowest BCUT2D eigenvalue weighted by Gasteiger charge is -2.69. The Morgan fingerprint density at radius 3 is 2.47 bits per heavy atom. The SMILES string of the molecule is CC(=O)OC1CCC2(C)C3=CCC4(C)C(C(C)CCC(C)C(C)C)CCC4[C@@]34CC[C@]2(C1)OO4. The van der Waals surface area contributed by atoms with Gasteiger partial charge in [0.1, 0.15) is 17.3 Å². The lowest BCUT2D eigenvalue weighted by Crippen LogP contribution is -2.71. The van der Waals surface area contributed by atoms with Gasteiger partial charge < -0.3 is 4.74 Å². The predicted molar refractivity (Wildman–Crippen MR) is 134 cm³/mol. The summed E-state index contributed by atoms with van der Waals surface area (Å²) in [4.78, 5) is 24.7. The zero-order chi connectivity index (χ0) is 24.5. The number of rotatable bonds is 6. The van der Waals surface area contributed by atoms with Crippen molar-refractivity contribution in [1.29, 1.82) is 0 Å². The van der Waals surface area contributed by atoms with Gasteiger partial charge in [0.15, 0.2) is 0 Å². The molecule has 3 saturated carbocycles. The van der Waals surface area contributed by atoms with Gasteiger partial charge in [0.05, 0.1) is 0 Å². The molecule has 0 N–H and O–H groups in total. The molecule has 0 aromatic heterocycles. The van der Waals surface area contributed by atoms with E-state index >= 15 is 0 Å². The molecule has 2 heterocycles. The third-order valence-electron chi connectivity index (χ3n) is 11.8. The predicted octanol–water partition coefficient (Wildman–Crippen LogP) is 7.41. The maximum Gasteiger partial charge on any atom is 0.302 e. The van der Waals surface area contributed by atoms with Crippen molar-refractivity contribution < 1.29 is 19.3 Å². The van der Waals surface area contributed by atoms with E-state index in [1.54, 1.807) is 0 Å². The van der Waals surface area contributed by atoms with Crippen molar-refractivity contribution >= 4 is 5.97 Å². The van der Waals surface area contributed by atoms with Crippen LogP contribution in [0.1, 0.15) is 113 Å². The maximum absolute atomic E-state index is 11.6. The third kappa shape index (κ3) is 3.40. The molecule has 6 rings (SSSR count). The lowest BCUT2D eigenvalue weighted by molar-refractivity contribution is -0.494. The second-order valence-corrected chi connectivity index (χ2v) is 13.7. The van der Waals surface area contributed by atoms with Crippen LogP contribution in [0.25, 0.3) is 0 Å². The van der Waals surface area contributed by atoms with Crippen LogP contribution in [0, 0.1) is 40.4 Å². The average Bonchev–Trinajstić information content (AvgIpc) is 3.14. The van der Waals surface area contributed by atoms with E-state index in [4.69, 9.17) is 14.5 Å². The Bertz CT molecular complexity index is 837. The van der Waals surface area contributed by atoms with Gasteiger partial charge in [-0.2, -0.15) is 0 Å². The Balaban J connectivity index is 1.40. The minimum absolute atomic E-state index is 0.0160. The van der Waals surface area contributed by atoms with Crippen LogP contribution in [0.5, 0.6) is 0 Å². The number of carbonyl (C=O) groups excluding carboxylic acids is 1. The van der Waals surface area contributed by atoms with Crippen molar-refractivity contribution in [3.63, 3.8) is 0 Å². The standard InChI is InChI=1S/C30H48O4/c1-19(2)20(3)8-9-21(4)24-10-11-25-27(24,6)14-13-26-28(7)15-12-23(32-22(5)31)18-29(28)16-17-30(25,26)34-33-29/h13,19-21,23-25H,8-12,14-18H2,1-7H3/t20?,21?,23?,24?,25?,27?,28?,29-,30+/m1/s1. The molecular weight excluding hydrogens is 424 g/mol. The second-order valence-electron chi connectivity index (χ2n) is 13.7. The highest BCUT2D eigenvalue weighted by Crippen LogP contribution is 2.73. The Hall–Kier alpha value is -0.870. The van der Waals surface area contributed by atoms with Crippen LogP contribution < -0.4 is 0 Å². The fourth-order valence-electron chi connectivity index (χ4n) is 9.32. The first-order chi connectivity index (χ1) is 16.0. The summed E-state index contributed by atoms with van der Waals surface area (Å²) in [5.41, 5.74) is 1.19. The highest BCUT2D eigenvalue weighted by Gasteiger charge is 2.73.